The first-order valence-corrected chi connectivity index (χ1v) is 5.62. The summed E-state index contributed by atoms with van der Waals surface area (Å²) < 4.78 is 0. The molecule has 0 unspecified atom stereocenters. The van der Waals surface area contributed by atoms with Crippen molar-refractivity contribution in [3.05, 3.63) is 41.5 Å². The minimum Gasteiger partial charge on any atom is -0.396 e. The van der Waals surface area contributed by atoms with E-state index >= 15 is 0 Å². The zero-order valence-corrected chi connectivity index (χ0v) is 9.35. The van der Waals surface area contributed by atoms with Gasteiger partial charge in [-0.1, -0.05) is 50.3 Å². The van der Waals surface area contributed by atoms with Crippen molar-refractivity contribution >= 4 is 6.08 Å². The first-order valence-electron chi connectivity index (χ1n) is 5.62. The summed E-state index contributed by atoms with van der Waals surface area (Å²) in [6.07, 6.45) is 4.43. The van der Waals surface area contributed by atoms with Crippen molar-refractivity contribution in [2.45, 2.75) is 19.8 Å². The van der Waals surface area contributed by atoms with Crippen molar-refractivity contribution in [2.75, 3.05) is 6.61 Å². The van der Waals surface area contributed by atoms with Crippen LogP contribution in [0.25, 0.3) is 6.08 Å². The predicted octanol–water partition coefficient (Wildman–Crippen LogP) is 3.06. The molecule has 80 valence electrons. The van der Waals surface area contributed by atoms with Crippen LogP contribution < -0.4 is 0 Å². The molecule has 1 heteroatoms. The zero-order valence-electron chi connectivity index (χ0n) is 9.35. The molecule has 0 heterocycles. The van der Waals surface area contributed by atoms with E-state index in [1.54, 1.807) is 0 Å². The third-order valence-corrected chi connectivity index (χ3v) is 3.32. The number of rotatable bonds is 2. The fourth-order valence-electron chi connectivity index (χ4n) is 2.46. The molecule has 0 fully saturated rings. The Bertz CT molecular complexity index is 365. The van der Waals surface area contributed by atoms with Crippen LogP contribution in [0.1, 0.15) is 30.9 Å². The van der Waals surface area contributed by atoms with E-state index in [9.17, 15) is 5.11 Å². The van der Waals surface area contributed by atoms with Crippen LogP contribution in [0.15, 0.2) is 30.3 Å². The molecular formula is C14H18O. The number of aliphatic hydroxyl groups excluding tert-OH is 1. The van der Waals surface area contributed by atoms with E-state index in [4.69, 9.17) is 0 Å². The number of benzene rings is 1. The summed E-state index contributed by atoms with van der Waals surface area (Å²) in [7, 11) is 0. The second-order valence-corrected chi connectivity index (χ2v) is 4.60. The lowest BCUT2D eigenvalue weighted by atomic mass is 9.75. The number of hydrogen-bond acceptors (Lipinski definition) is 1. The van der Waals surface area contributed by atoms with E-state index in [0.29, 0.717) is 11.8 Å². The summed E-state index contributed by atoms with van der Waals surface area (Å²) in [5.74, 6) is 1.31. The molecule has 0 amide bonds. The lowest BCUT2D eigenvalue weighted by molar-refractivity contribution is 0.219. The monoisotopic (exact) mass is 202 g/mol. The van der Waals surface area contributed by atoms with Crippen LogP contribution in [0.4, 0.5) is 0 Å². The van der Waals surface area contributed by atoms with E-state index in [0.717, 1.165) is 0 Å². The molecule has 15 heavy (non-hydrogen) atoms. The van der Waals surface area contributed by atoms with Crippen molar-refractivity contribution < 1.29 is 5.11 Å². The summed E-state index contributed by atoms with van der Waals surface area (Å²) >= 11 is 0. The molecule has 0 aromatic heterocycles. The van der Waals surface area contributed by atoms with E-state index in [1.807, 2.05) is 6.07 Å². The molecule has 1 aromatic carbocycles. The molecular weight excluding hydrogens is 184 g/mol. The Morgan fingerprint density at radius 1 is 1.27 bits per heavy atom. The lowest BCUT2D eigenvalue weighted by Gasteiger charge is -2.31. The van der Waals surface area contributed by atoms with Gasteiger partial charge in [0, 0.05) is 5.92 Å². The topological polar surface area (TPSA) is 20.2 Å². The molecule has 1 aromatic rings. The van der Waals surface area contributed by atoms with Gasteiger partial charge in [-0.15, -0.1) is 0 Å². The van der Waals surface area contributed by atoms with Crippen molar-refractivity contribution in [2.24, 2.45) is 11.8 Å². The van der Waals surface area contributed by atoms with Gasteiger partial charge in [0.1, 0.15) is 0 Å². The van der Waals surface area contributed by atoms with Gasteiger partial charge in [-0.2, -0.15) is 0 Å². The summed E-state index contributed by atoms with van der Waals surface area (Å²) in [6, 6.07) is 8.35. The molecule has 0 saturated heterocycles. The van der Waals surface area contributed by atoms with Gasteiger partial charge < -0.3 is 5.11 Å². The standard InChI is InChI=1S/C14H18O/c1-10(2)12-8-7-11-5-3-4-6-13(11)14(12)9-15/h3-8,10,12,14-15H,9H2,1-2H3/t12-,14-/m0/s1. The summed E-state index contributed by atoms with van der Waals surface area (Å²) in [4.78, 5) is 0. The average Bonchev–Trinajstić information content (AvgIpc) is 2.27. The largest absolute Gasteiger partial charge is 0.396 e. The number of hydrogen-bond donors (Lipinski definition) is 1. The highest BCUT2D eigenvalue weighted by atomic mass is 16.3. The summed E-state index contributed by atoms with van der Waals surface area (Å²) in [6.45, 7) is 4.67. The minimum absolute atomic E-state index is 0.240. The van der Waals surface area contributed by atoms with E-state index in [2.05, 4.69) is 44.2 Å². The van der Waals surface area contributed by atoms with Gasteiger partial charge >= 0.3 is 0 Å². The maximum absolute atomic E-state index is 9.52. The van der Waals surface area contributed by atoms with Gasteiger partial charge in [0.05, 0.1) is 6.61 Å². The van der Waals surface area contributed by atoms with Gasteiger partial charge in [-0.3, -0.25) is 0 Å². The quantitative estimate of drug-likeness (QED) is 0.781. The summed E-state index contributed by atoms with van der Waals surface area (Å²) in [5.41, 5.74) is 2.55. The minimum atomic E-state index is 0.240. The normalized spacial score (nSPS) is 24.3. The molecule has 0 radical (unpaired) electrons. The fraction of sp³-hybridized carbons (Fsp3) is 0.429. The predicted molar refractivity (Wildman–Crippen MR) is 63.6 cm³/mol. The van der Waals surface area contributed by atoms with Crippen LogP contribution in [-0.2, 0) is 0 Å². The van der Waals surface area contributed by atoms with Crippen molar-refractivity contribution in [3.63, 3.8) is 0 Å². The van der Waals surface area contributed by atoms with Crippen LogP contribution in [0.2, 0.25) is 0 Å². The van der Waals surface area contributed by atoms with Crippen LogP contribution in [0.3, 0.4) is 0 Å². The molecule has 0 aliphatic heterocycles. The van der Waals surface area contributed by atoms with Gasteiger partial charge in [-0.05, 0) is 23.0 Å². The molecule has 1 N–H and O–H groups in total. The third kappa shape index (κ3) is 1.84. The highest BCUT2D eigenvalue weighted by molar-refractivity contribution is 5.58. The van der Waals surface area contributed by atoms with Crippen LogP contribution in [0, 0.1) is 11.8 Å². The Hall–Kier alpha value is -1.08. The maximum Gasteiger partial charge on any atom is 0.0505 e. The lowest BCUT2D eigenvalue weighted by Crippen LogP contribution is -2.22. The SMILES string of the molecule is CC(C)[C@@H]1C=Cc2ccccc2[C@H]1CO. The number of allylic oxidation sites excluding steroid dienone is 1. The van der Waals surface area contributed by atoms with Gasteiger partial charge in [0.15, 0.2) is 0 Å². The first-order chi connectivity index (χ1) is 7.24. The van der Waals surface area contributed by atoms with Crippen LogP contribution >= 0.6 is 0 Å². The van der Waals surface area contributed by atoms with Gasteiger partial charge in [0.2, 0.25) is 0 Å². The van der Waals surface area contributed by atoms with E-state index in [-0.39, 0.29) is 12.5 Å². The molecule has 2 rings (SSSR count). The highest BCUT2D eigenvalue weighted by Crippen LogP contribution is 2.37. The van der Waals surface area contributed by atoms with Crippen LogP contribution in [0.5, 0.6) is 0 Å². The first kappa shape index (κ1) is 10.4. The second kappa shape index (κ2) is 4.19. The smallest absolute Gasteiger partial charge is 0.0505 e. The third-order valence-electron chi connectivity index (χ3n) is 3.32. The zero-order chi connectivity index (χ0) is 10.8. The molecule has 1 aliphatic rings. The Kier molecular flexibility index (Phi) is 2.92. The van der Waals surface area contributed by atoms with Crippen LogP contribution in [-0.4, -0.2) is 11.7 Å². The van der Waals surface area contributed by atoms with E-state index < -0.39 is 0 Å². The van der Waals surface area contributed by atoms with Crippen molar-refractivity contribution in [1.29, 1.82) is 0 Å². The van der Waals surface area contributed by atoms with Crippen molar-refractivity contribution in [1.82, 2.24) is 0 Å². The molecule has 1 aliphatic carbocycles. The average molecular weight is 202 g/mol. The van der Waals surface area contributed by atoms with E-state index in [1.165, 1.54) is 11.1 Å². The summed E-state index contributed by atoms with van der Waals surface area (Å²) in [5, 5.41) is 9.52. The highest BCUT2D eigenvalue weighted by Gasteiger charge is 2.27. The Balaban J connectivity index is 2.41. The maximum atomic E-state index is 9.52. The second-order valence-electron chi connectivity index (χ2n) is 4.60. The fourth-order valence-corrected chi connectivity index (χ4v) is 2.46. The number of aliphatic hydroxyl groups is 1. The van der Waals surface area contributed by atoms with Crippen molar-refractivity contribution in [3.8, 4) is 0 Å². The Labute approximate surface area is 91.4 Å². The molecule has 1 nitrogen and oxygen atoms in total. The molecule has 0 saturated carbocycles. The molecule has 0 bridgehead atoms. The Morgan fingerprint density at radius 2 is 2.00 bits per heavy atom. The number of fused-ring (bicyclic) bond motifs is 1. The molecule has 2 atom stereocenters. The molecule has 0 spiro atoms. The van der Waals surface area contributed by atoms with Gasteiger partial charge in [-0.25, -0.2) is 0 Å². The van der Waals surface area contributed by atoms with Gasteiger partial charge in [0.25, 0.3) is 0 Å². The Morgan fingerprint density at radius 3 is 2.67 bits per heavy atom.